The average molecular weight is 323 g/mol. The Bertz CT molecular complexity index is 828. The van der Waals surface area contributed by atoms with Crippen LogP contribution in [0.15, 0.2) is 42.7 Å². The zero-order chi connectivity index (χ0) is 17.3. The minimum atomic E-state index is -0.312. The second-order valence-electron chi connectivity index (χ2n) is 6.87. The molecule has 1 N–H and O–H groups in total. The van der Waals surface area contributed by atoms with Crippen LogP contribution in [0.2, 0.25) is 0 Å². The number of carbonyl (C=O) groups excluding carboxylic acids is 1. The molecule has 0 aliphatic heterocycles. The second kappa shape index (κ2) is 6.03. The maximum absolute atomic E-state index is 12.3. The summed E-state index contributed by atoms with van der Waals surface area (Å²) < 4.78 is 1.48. The fourth-order valence-electron chi connectivity index (χ4n) is 2.45. The summed E-state index contributed by atoms with van der Waals surface area (Å²) in [4.78, 5) is 20.5. The van der Waals surface area contributed by atoms with Crippen LogP contribution in [-0.2, 0) is 5.41 Å². The Morgan fingerprint density at radius 3 is 2.54 bits per heavy atom. The summed E-state index contributed by atoms with van der Waals surface area (Å²) in [5, 5.41) is 7.06. The van der Waals surface area contributed by atoms with Crippen LogP contribution >= 0.6 is 0 Å². The van der Waals surface area contributed by atoms with Gasteiger partial charge in [0.1, 0.15) is 0 Å². The van der Waals surface area contributed by atoms with Crippen molar-refractivity contribution in [3.63, 3.8) is 0 Å². The molecule has 0 radical (unpaired) electrons. The Morgan fingerprint density at radius 2 is 1.92 bits per heavy atom. The molecule has 0 saturated heterocycles. The number of carbonyl (C=O) groups is 1. The highest BCUT2D eigenvalue weighted by Gasteiger charge is 2.18. The minimum Gasteiger partial charge on any atom is -0.343 e. The van der Waals surface area contributed by atoms with Crippen LogP contribution in [0.25, 0.3) is 5.78 Å². The third-order valence-electron chi connectivity index (χ3n) is 3.94. The van der Waals surface area contributed by atoms with E-state index in [-0.39, 0.29) is 23.2 Å². The third kappa shape index (κ3) is 3.27. The third-order valence-corrected chi connectivity index (χ3v) is 3.94. The van der Waals surface area contributed by atoms with Crippen molar-refractivity contribution in [1.82, 2.24) is 24.9 Å². The van der Waals surface area contributed by atoms with Gasteiger partial charge in [0.2, 0.25) is 5.82 Å². The van der Waals surface area contributed by atoms with Gasteiger partial charge in [-0.15, -0.1) is 5.10 Å². The summed E-state index contributed by atoms with van der Waals surface area (Å²) in [6.07, 6.45) is 3.33. The number of fused-ring (bicyclic) bond motifs is 1. The lowest BCUT2D eigenvalue weighted by Crippen LogP contribution is -2.27. The Morgan fingerprint density at radius 1 is 1.21 bits per heavy atom. The number of hydrogen-bond acceptors (Lipinski definition) is 4. The minimum absolute atomic E-state index is 0.110. The predicted octanol–water partition coefficient (Wildman–Crippen LogP) is 2.91. The molecule has 0 fully saturated rings. The lowest BCUT2D eigenvalue weighted by atomic mass is 9.86. The fourth-order valence-corrected chi connectivity index (χ4v) is 2.45. The van der Waals surface area contributed by atoms with E-state index in [1.165, 1.54) is 10.1 Å². The molecule has 124 valence electrons. The van der Waals surface area contributed by atoms with E-state index in [9.17, 15) is 4.79 Å². The molecular formula is C18H21N5O. The molecule has 6 nitrogen and oxygen atoms in total. The Balaban J connectivity index is 1.74. The van der Waals surface area contributed by atoms with Gasteiger partial charge in [0.15, 0.2) is 0 Å². The molecule has 0 saturated carbocycles. The highest BCUT2D eigenvalue weighted by Crippen LogP contribution is 2.23. The summed E-state index contributed by atoms with van der Waals surface area (Å²) in [7, 11) is 0. The van der Waals surface area contributed by atoms with Gasteiger partial charge in [-0.1, -0.05) is 45.0 Å². The summed E-state index contributed by atoms with van der Waals surface area (Å²) in [5.74, 6) is 0.213. The Labute approximate surface area is 141 Å². The van der Waals surface area contributed by atoms with Crippen molar-refractivity contribution in [2.45, 2.75) is 39.2 Å². The van der Waals surface area contributed by atoms with E-state index in [1.54, 1.807) is 18.5 Å². The molecule has 6 heteroatoms. The zero-order valence-corrected chi connectivity index (χ0v) is 14.3. The standard InChI is InChI=1S/C18H21N5O/c1-12(13-6-8-14(9-7-13)18(2,3)4)20-16(24)15-21-17-19-10-5-11-23(17)22-15/h5-12H,1-4H3,(H,20,24). The van der Waals surface area contributed by atoms with Crippen LogP contribution in [0.4, 0.5) is 0 Å². The van der Waals surface area contributed by atoms with Crippen molar-refractivity contribution in [3.8, 4) is 0 Å². The number of rotatable bonds is 3. The van der Waals surface area contributed by atoms with Crippen molar-refractivity contribution in [3.05, 3.63) is 59.7 Å². The summed E-state index contributed by atoms with van der Waals surface area (Å²) in [5.41, 5.74) is 2.41. The van der Waals surface area contributed by atoms with E-state index in [1.807, 2.05) is 19.1 Å². The normalized spacial score (nSPS) is 13.0. The molecule has 3 aromatic rings. The van der Waals surface area contributed by atoms with Crippen molar-refractivity contribution < 1.29 is 4.79 Å². The summed E-state index contributed by atoms with van der Waals surface area (Å²) in [6.45, 7) is 8.47. The van der Waals surface area contributed by atoms with Crippen LogP contribution in [0.1, 0.15) is 55.5 Å². The molecule has 1 atom stereocenters. The predicted molar refractivity (Wildman–Crippen MR) is 91.8 cm³/mol. The number of amides is 1. The van der Waals surface area contributed by atoms with Crippen molar-refractivity contribution in [2.24, 2.45) is 0 Å². The smallest absolute Gasteiger partial charge is 0.291 e. The Kier molecular flexibility index (Phi) is 4.05. The number of nitrogens with one attached hydrogen (secondary N) is 1. The number of hydrogen-bond donors (Lipinski definition) is 1. The zero-order valence-electron chi connectivity index (χ0n) is 14.3. The van der Waals surface area contributed by atoms with Gasteiger partial charge in [0, 0.05) is 12.4 Å². The first-order valence-corrected chi connectivity index (χ1v) is 7.93. The largest absolute Gasteiger partial charge is 0.343 e. The van der Waals surface area contributed by atoms with E-state index in [4.69, 9.17) is 0 Å². The lowest BCUT2D eigenvalue weighted by Gasteiger charge is -2.20. The van der Waals surface area contributed by atoms with Gasteiger partial charge in [0.05, 0.1) is 6.04 Å². The Hall–Kier alpha value is -2.76. The van der Waals surface area contributed by atoms with Crippen LogP contribution in [0.5, 0.6) is 0 Å². The van der Waals surface area contributed by atoms with E-state index >= 15 is 0 Å². The summed E-state index contributed by atoms with van der Waals surface area (Å²) >= 11 is 0. The van der Waals surface area contributed by atoms with Crippen LogP contribution in [0.3, 0.4) is 0 Å². The molecule has 1 amide bonds. The van der Waals surface area contributed by atoms with Gasteiger partial charge < -0.3 is 5.32 Å². The van der Waals surface area contributed by atoms with Gasteiger partial charge in [-0.05, 0) is 29.5 Å². The van der Waals surface area contributed by atoms with E-state index in [0.29, 0.717) is 5.78 Å². The van der Waals surface area contributed by atoms with Crippen molar-refractivity contribution >= 4 is 11.7 Å². The maximum atomic E-state index is 12.3. The molecule has 0 aliphatic carbocycles. The molecule has 0 bridgehead atoms. The van der Waals surface area contributed by atoms with E-state index in [2.05, 4.69) is 53.3 Å². The quantitative estimate of drug-likeness (QED) is 0.804. The second-order valence-corrected chi connectivity index (χ2v) is 6.87. The van der Waals surface area contributed by atoms with Gasteiger partial charge >= 0.3 is 0 Å². The van der Waals surface area contributed by atoms with E-state index < -0.39 is 0 Å². The number of aromatic nitrogens is 4. The maximum Gasteiger partial charge on any atom is 0.291 e. The van der Waals surface area contributed by atoms with Crippen molar-refractivity contribution in [1.29, 1.82) is 0 Å². The van der Waals surface area contributed by atoms with E-state index in [0.717, 1.165) is 5.56 Å². The number of benzene rings is 1. The first-order chi connectivity index (χ1) is 11.3. The topological polar surface area (TPSA) is 72.2 Å². The SMILES string of the molecule is CC(NC(=O)c1nc2ncccn2n1)c1ccc(C(C)(C)C)cc1. The van der Waals surface area contributed by atoms with Crippen LogP contribution in [0, 0.1) is 0 Å². The van der Waals surface area contributed by atoms with Crippen LogP contribution < -0.4 is 5.32 Å². The van der Waals surface area contributed by atoms with Gasteiger partial charge in [0.25, 0.3) is 11.7 Å². The van der Waals surface area contributed by atoms with Crippen LogP contribution in [-0.4, -0.2) is 25.5 Å². The van der Waals surface area contributed by atoms with Gasteiger partial charge in [-0.25, -0.2) is 9.50 Å². The van der Waals surface area contributed by atoms with Gasteiger partial charge in [-0.2, -0.15) is 4.98 Å². The highest BCUT2D eigenvalue weighted by atomic mass is 16.2. The average Bonchev–Trinajstić information content (AvgIpc) is 2.98. The molecule has 1 unspecified atom stereocenters. The summed E-state index contributed by atoms with van der Waals surface area (Å²) in [6, 6.07) is 9.90. The first kappa shape index (κ1) is 16.1. The molecule has 0 aliphatic rings. The molecule has 1 aromatic carbocycles. The monoisotopic (exact) mass is 323 g/mol. The lowest BCUT2D eigenvalue weighted by molar-refractivity contribution is 0.0929. The molecular weight excluding hydrogens is 302 g/mol. The van der Waals surface area contributed by atoms with Crippen molar-refractivity contribution in [2.75, 3.05) is 0 Å². The number of nitrogens with zero attached hydrogens (tertiary/aromatic N) is 4. The molecule has 2 aromatic heterocycles. The molecule has 2 heterocycles. The molecule has 0 spiro atoms. The molecule has 3 rings (SSSR count). The highest BCUT2D eigenvalue weighted by molar-refractivity contribution is 5.91. The fraction of sp³-hybridized carbons (Fsp3) is 0.333. The van der Waals surface area contributed by atoms with Gasteiger partial charge in [-0.3, -0.25) is 4.79 Å². The molecule has 24 heavy (non-hydrogen) atoms. The first-order valence-electron chi connectivity index (χ1n) is 7.93.